The van der Waals surface area contributed by atoms with Gasteiger partial charge in [-0.1, -0.05) is 57.2 Å². The summed E-state index contributed by atoms with van der Waals surface area (Å²) < 4.78 is 42.4. The van der Waals surface area contributed by atoms with Crippen molar-refractivity contribution in [2.75, 3.05) is 17.4 Å². The first kappa shape index (κ1) is 30.8. The summed E-state index contributed by atoms with van der Waals surface area (Å²) in [5, 5.41) is 2.89. The van der Waals surface area contributed by atoms with Crippen LogP contribution in [-0.4, -0.2) is 44.3 Å². The van der Waals surface area contributed by atoms with Crippen molar-refractivity contribution in [3.05, 3.63) is 95.3 Å². The van der Waals surface area contributed by atoms with Crippen LogP contribution in [0, 0.1) is 25.6 Å². The zero-order valence-electron chi connectivity index (χ0n) is 23.7. The SMILES string of the molecule is CC[C@H](C(=O)NCC(C)C)N(Cc1ccc(F)cc1)C(=O)CN(c1ccc(C)c(C)c1)S(=O)(=O)c1ccccc1. The van der Waals surface area contributed by atoms with Crippen LogP contribution in [0.3, 0.4) is 0 Å². The summed E-state index contributed by atoms with van der Waals surface area (Å²) in [5.74, 6) is -1.08. The van der Waals surface area contributed by atoms with E-state index in [1.54, 1.807) is 49.4 Å². The Kier molecular flexibility index (Phi) is 10.5. The number of halogens is 1. The third kappa shape index (κ3) is 7.69. The van der Waals surface area contributed by atoms with Crippen LogP contribution in [0.2, 0.25) is 0 Å². The molecule has 0 heterocycles. The highest BCUT2D eigenvalue weighted by Gasteiger charge is 2.33. The third-order valence-corrected chi connectivity index (χ3v) is 8.51. The van der Waals surface area contributed by atoms with Crippen LogP contribution in [-0.2, 0) is 26.2 Å². The van der Waals surface area contributed by atoms with E-state index >= 15 is 0 Å². The van der Waals surface area contributed by atoms with Gasteiger partial charge in [0, 0.05) is 13.1 Å². The molecule has 0 fully saturated rings. The fourth-order valence-electron chi connectivity index (χ4n) is 4.26. The van der Waals surface area contributed by atoms with Gasteiger partial charge >= 0.3 is 0 Å². The van der Waals surface area contributed by atoms with Gasteiger partial charge in [-0.3, -0.25) is 13.9 Å². The molecule has 0 unspecified atom stereocenters. The molecule has 0 aliphatic heterocycles. The van der Waals surface area contributed by atoms with E-state index in [2.05, 4.69) is 5.32 Å². The van der Waals surface area contributed by atoms with Gasteiger partial charge in [0.25, 0.3) is 10.0 Å². The molecule has 0 bridgehead atoms. The van der Waals surface area contributed by atoms with Crippen LogP contribution in [0.5, 0.6) is 0 Å². The van der Waals surface area contributed by atoms with Crippen molar-refractivity contribution in [3.8, 4) is 0 Å². The molecule has 0 radical (unpaired) electrons. The van der Waals surface area contributed by atoms with Gasteiger partial charge in [-0.2, -0.15) is 0 Å². The number of carbonyl (C=O) groups is 2. The minimum absolute atomic E-state index is 0.0128. The van der Waals surface area contributed by atoms with Gasteiger partial charge in [0.05, 0.1) is 10.6 Å². The number of sulfonamides is 1. The topological polar surface area (TPSA) is 86.8 Å². The lowest BCUT2D eigenvalue weighted by Gasteiger charge is -2.33. The Morgan fingerprint density at radius 1 is 0.925 bits per heavy atom. The normalized spacial score (nSPS) is 12.2. The van der Waals surface area contributed by atoms with Gasteiger partial charge in [-0.15, -0.1) is 0 Å². The summed E-state index contributed by atoms with van der Waals surface area (Å²) in [6.45, 7) is 9.47. The van der Waals surface area contributed by atoms with Gasteiger partial charge in [0.15, 0.2) is 0 Å². The first-order valence-corrected chi connectivity index (χ1v) is 14.8. The second-order valence-electron chi connectivity index (χ2n) is 10.3. The molecule has 9 heteroatoms. The van der Waals surface area contributed by atoms with Gasteiger partial charge in [-0.25, -0.2) is 12.8 Å². The molecule has 0 spiro atoms. The molecule has 0 saturated carbocycles. The standard InChI is InChI=1S/C31H38FN3O4S/c1-6-29(31(37)33-19-22(2)3)34(20-25-13-15-26(32)16-14-25)30(36)21-35(27-17-12-23(4)24(5)18-27)40(38,39)28-10-8-7-9-11-28/h7-18,22,29H,6,19-21H2,1-5H3,(H,33,37)/t29-/m1/s1. The summed E-state index contributed by atoms with van der Waals surface area (Å²) in [7, 11) is -4.13. The van der Waals surface area contributed by atoms with E-state index in [1.807, 2.05) is 33.8 Å². The highest BCUT2D eigenvalue weighted by Crippen LogP contribution is 2.26. The van der Waals surface area contributed by atoms with Crippen LogP contribution in [0.15, 0.2) is 77.7 Å². The van der Waals surface area contributed by atoms with Gasteiger partial charge in [0.1, 0.15) is 18.4 Å². The maximum Gasteiger partial charge on any atom is 0.264 e. The zero-order chi connectivity index (χ0) is 29.4. The average molecular weight is 568 g/mol. The highest BCUT2D eigenvalue weighted by atomic mass is 32.2. The van der Waals surface area contributed by atoms with Crippen LogP contribution in [0.25, 0.3) is 0 Å². The fraction of sp³-hybridized carbons (Fsp3) is 0.355. The van der Waals surface area contributed by atoms with Crippen molar-refractivity contribution >= 4 is 27.5 Å². The van der Waals surface area contributed by atoms with Crippen molar-refractivity contribution in [2.45, 2.75) is 58.5 Å². The lowest BCUT2D eigenvalue weighted by atomic mass is 10.1. The van der Waals surface area contributed by atoms with E-state index in [0.29, 0.717) is 24.2 Å². The minimum atomic E-state index is -4.13. The van der Waals surface area contributed by atoms with E-state index < -0.39 is 34.3 Å². The Bertz CT molecular complexity index is 1410. The first-order valence-electron chi connectivity index (χ1n) is 13.4. The zero-order valence-corrected chi connectivity index (χ0v) is 24.5. The van der Waals surface area contributed by atoms with Crippen molar-refractivity contribution < 1.29 is 22.4 Å². The molecule has 3 aromatic rings. The number of aryl methyl sites for hydroxylation is 2. The molecule has 1 atom stereocenters. The summed E-state index contributed by atoms with van der Waals surface area (Å²) in [6, 6.07) is 18.0. The second-order valence-corrected chi connectivity index (χ2v) is 12.2. The van der Waals surface area contributed by atoms with Gasteiger partial charge < -0.3 is 10.2 Å². The van der Waals surface area contributed by atoms with E-state index in [0.717, 1.165) is 15.4 Å². The van der Waals surface area contributed by atoms with E-state index in [-0.39, 0.29) is 23.3 Å². The molecule has 0 aliphatic carbocycles. The van der Waals surface area contributed by atoms with Crippen molar-refractivity contribution in [3.63, 3.8) is 0 Å². The van der Waals surface area contributed by atoms with E-state index in [1.165, 1.54) is 29.2 Å². The predicted octanol–water partition coefficient (Wildman–Crippen LogP) is 5.22. The van der Waals surface area contributed by atoms with Crippen LogP contribution in [0.1, 0.15) is 43.9 Å². The Morgan fingerprint density at radius 3 is 2.15 bits per heavy atom. The lowest BCUT2D eigenvalue weighted by Crippen LogP contribution is -2.52. The molecule has 0 aliphatic rings. The quantitative estimate of drug-likeness (QED) is 0.325. The maximum atomic E-state index is 14.0. The number of nitrogens with zero attached hydrogens (tertiary/aromatic N) is 2. The van der Waals surface area contributed by atoms with Crippen molar-refractivity contribution in [2.24, 2.45) is 5.92 Å². The molecule has 2 amide bonds. The van der Waals surface area contributed by atoms with Crippen LogP contribution in [0.4, 0.5) is 10.1 Å². The molecule has 214 valence electrons. The second kappa shape index (κ2) is 13.6. The predicted molar refractivity (Wildman–Crippen MR) is 156 cm³/mol. The molecule has 40 heavy (non-hydrogen) atoms. The Morgan fingerprint density at radius 2 is 1.57 bits per heavy atom. The molecular formula is C31H38FN3O4S. The number of hydrogen-bond donors (Lipinski definition) is 1. The summed E-state index contributed by atoms with van der Waals surface area (Å²) in [4.78, 5) is 28.7. The van der Waals surface area contributed by atoms with E-state index in [4.69, 9.17) is 0 Å². The smallest absolute Gasteiger partial charge is 0.264 e. The number of nitrogens with one attached hydrogen (secondary N) is 1. The number of benzene rings is 3. The number of rotatable bonds is 12. The summed E-state index contributed by atoms with van der Waals surface area (Å²) in [5.41, 5.74) is 2.83. The first-order chi connectivity index (χ1) is 18.9. The van der Waals surface area contributed by atoms with Gasteiger partial charge in [0.2, 0.25) is 11.8 Å². The molecule has 3 rings (SSSR count). The molecule has 1 N–H and O–H groups in total. The summed E-state index contributed by atoms with van der Waals surface area (Å²) >= 11 is 0. The molecule has 0 saturated heterocycles. The van der Waals surface area contributed by atoms with Crippen LogP contribution < -0.4 is 9.62 Å². The van der Waals surface area contributed by atoms with Gasteiger partial charge in [-0.05, 0) is 79.3 Å². The number of anilines is 1. The summed E-state index contributed by atoms with van der Waals surface area (Å²) in [6.07, 6.45) is 0.311. The molecule has 7 nitrogen and oxygen atoms in total. The largest absolute Gasteiger partial charge is 0.354 e. The Labute approximate surface area is 237 Å². The fourth-order valence-corrected chi connectivity index (χ4v) is 5.68. The number of hydrogen-bond acceptors (Lipinski definition) is 4. The Hall–Kier alpha value is -3.72. The van der Waals surface area contributed by atoms with Crippen molar-refractivity contribution in [1.29, 1.82) is 0 Å². The maximum absolute atomic E-state index is 14.0. The third-order valence-electron chi connectivity index (χ3n) is 6.73. The molecule has 0 aromatic heterocycles. The van der Waals surface area contributed by atoms with Crippen LogP contribution >= 0.6 is 0 Å². The molecular weight excluding hydrogens is 529 g/mol. The van der Waals surface area contributed by atoms with E-state index in [9.17, 15) is 22.4 Å². The Balaban J connectivity index is 2.05. The minimum Gasteiger partial charge on any atom is -0.354 e. The lowest BCUT2D eigenvalue weighted by molar-refractivity contribution is -0.140. The molecule has 3 aromatic carbocycles. The number of amides is 2. The average Bonchev–Trinajstić information content (AvgIpc) is 2.93. The number of carbonyl (C=O) groups excluding carboxylic acids is 2. The van der Waals surface area contributed by atoms with Crippen molar-refractivity contribution in [1.82, 2.24) is 10.2 Å². The highest BCUT2D eigenvalue weighted by molar-refractivity contribution is 7.92. The monoisotopic (exact) mass is 567 g/mol.